The average molecular weight is 228 g/mol. The van der Waals surface area contributed by atoms with Gasteiger partial charge >= 0.3 is 6.80 Å². The molecule has 0 saturated heterocycles. The van der Waals surface area contributed by atoms with Crippen molar-refractivity contribution < 1.29 is 18.3 Å². The van der Waals surface area contributed by atoms with Crippen molar-refractivity contribution in [3.63, 3.8) is 0 Å². The van der Waals surface area contributed by atoms with Crippen LogP contribution in [0.25, 0.3) is 0 Å². The van der Waals surface area contributed by atoms with Crippen molar-refractivity contribution in [1.82, 2.24) is 0 Å². The summed E-state index contributed by atoms with van der Waals surface area (Å²) in [5.74, 6) is 0. The van der Waals surface area contributed by atoms with Gasteiger partial charge in [-0.2, -0.15) is 0 Å². The van der Waals surface area contributed by atoms with Gasteiger partial charge in [-0.1, -0.05) is 12.2 Å². The zero-order valence-electron chi connectivity index (χ0n) is 8.23. The SMILES string of the molecule is CCOP(=O)(S)OCCOC(C)C. The summed E-state index contributed by atoms with van der Waals surface area (Å²) in [6.45, 7) is 3.39. The number of rotatable bonds is 7. The minimum atomic E-state index is -3.14. The molecule has 4 nitrogen and oxygen atoms in total. The van der Waals surface area contributed by atoms with E-state index in [2.05, 4.69) is 12.2 Å². The molecule has 0 N–H and O–H groups in total. The summed E-state index contributed by atoms with van der Waals surface area (Å²) in [7, 11) is 0. The lowest BCUT2D eigenvalue weighted by molar-refractivity contribution is 0.0522. The molecule has 1 atom stereocenters. The maximum atomic E-state index is 11.2. The standard InChI is InChI=1S/C7H17O4PS/c1-4-10-12(8,13)11-6-5-9-7(2)3/h7H,4-6H2,1-3H3,(H,8,13). The molecule has 0 aliphatic carbocycles. The maximum absolute atomic E-state index is 11.2. The Morgan fingerprint density at radius 3 is 2.38 bits per heavy atom. The Morgan fingerprint density at radius 2 is 1.92 bits per heavy atom. The molecule has 0 bridgehead atoms. The minimum absolute atomic E-state index is 0.148. The zero-order chi connectivity index (χ0) is 10.3. The van der Waals surface area contributed by atoms with Crippen LogP contribution < -0.4 is 0 Å². The van der Waals surface area contributed by atoms with E-state index < -0.39 is 6.80 Å². The molecule has 6 heteroatoms. The molecule has 0 aromatic rings. The summed E-state index contributed by atoms with van der Waals surface area (Å²) in [5.41, 5.74) is 0. The highest BCUT2D eigenvalue weighted by Crippen LogP contribution is 2.52. The molecule has 0 aliphatic heterocycles. The summed E-state index contributed by atoms with van der Waals surface area (Å²) in [6.07, 6.45) is 0.148. The van der Waals surface area contributed by atoms with E-state index in [0.717, 1.165) is 0 Å². The predicted molar refractivity (Wildman–Crippen MR) is 55.3 cm³/mol. The lowest BCUT2D eigenvalue weighted by Crippen LogP contribution is -2.08. The van der Waals surface area contributed by atoms with Crippen LogP contribution in [0.15, 0.2) is 0 Å². The van der Waals surface area contributed by atoms with Gasteiger partial charge in [0.25, 0.3) is 0 Å². The molecule has 13 heavy (non-hydrogen) atoms. The quantitative estimate of drug-likeness (QED) is 0.413. The molecule has 0 amide bonds. The van der Waals surface area contributed by atoms with Crippen LogP contribution in [0.2, 0.25) is 0 Å². The Kier molecular flexibility index (Phi) is 7.09. The Labute approximate surface area is 84.6 Å². The normalized spacial score (nSPS) is 16.1. The molecule has 0 aromatic heterocycles. The molecule has 80 valence electrons. The first-order chi connectivity index (χ1) is 5.98. The largest absolute Gasteiger partial charge is 0.386 e. The topological polar surface area (TPSA) is 44.8 Å². The fourth-order valence-electron chi connectivity index (χ4n) is 0.637. The van der Waals surface area contributed by atoms with Gasteiger partial charge in [-0.15, -0.1) is 0 Å². The van der Waals surface area contributed by atoms with E-state index in [1.54, 1.807) is 6.92 Å². The van der Waals surface area contributed by atoms with E-state index in [1.807, 2.05) is 13.8 Å². The van der Waals surface area contributed by atoms with Crippen LogP contribution in [0.4, 0.5) is 0 Å². The number of hydrogen-bond donors (Lipinski definition) is 1. The van der Waals surface area contributed by atoms with Crippen LogP contribution in [-0.4, -0.2) is 25.9 Å². The lowest BCUT2D eigenvalue weighted by Gasteiger charge is -2.12. The summed E-state index contributed by atoms with van der Waals surface area (Å²) < 4.78 is 26.1. The smallest absolute Gasteiger partial charge is 0.376 e. The van der Waals surface area contributed by atoms with Gasteiger partial charge < -0.3 is 9.26 Å². The van der Waals surface area contributed by atoms with Gasteiger partial charge in [0.15, 0.2) is 0 Å². The first-order valence-corrected chi connectivity index (χ1v) is 6.91. The molecule has 0 radical (unpaired) electrons. The molecular formula is C7H17O4PS. The third-order valence-electron chi connectivity index (χ3n) is 1.08. The van der Waals surface area contributed by atoms with Crippen LogP contribution in [0.5, 0.6) is 0 Å². The first kappa shape index (κ1) is 13.5. The molecule has 0 heterocycles. The molecule has 1 unspecified atom stereocenters. The third-order valence-corrected chi connectivity index (χ3v) is 2.87. The second kappa shape index (κ2) is 6.85. The number of ether oxygens (including phenoxy) is 1. The highest BCUT2D eigenvalue weighted by atomic mass is 32.7. The molecule has 0 aromatic carbocycles. The summed E-state index contributed by atoms with van der Waals surface area (Å²) in [6, 6.07) is 0. The van der Waals surface area contributed by atoms with Crippen molar-refractivity contribution in [3.8, 4) is 0 Å². The van der Waals surface area contributed by atoms with Crippen LogP contribution in [0, 0.1) is 0 Å². The predicted octanol–water partition coefficient (Wildman–Crippen LogP) is 2.50. The number of hydrogen-bond acceptors (Lipinski definition) is 4. The zero-order valence-corrected chi connectivity index (χ0v) is 10.0. The fourth-order valence-corrected chi connectivity index (χ4v) is 1.93. The molecule has 0 fully saturated rings. The van der Waals surface area contributed by atoms with E-state index in [4.69, 9.17) is 13.8 Å². The van der Waals surface area contributed by atoms with Gasteiger partial charge in [-0.25, -0.2) is 4.57 Å². The summed E-state index contributed by atoms with van der Waals surface area (Å²) in [4.78, 5) is 0. The Bertz CT molecular complexity index is 174. The van der Waals surface area contributed by atoms with E-state index in [9.17, 15) is 4.57 Å². The summed E-state index contributed by atoms with van der Waals surface area (Å²) >= 11 is 3.75. The first-order valence-electron chi connectivity index (χ1n) is 4.21. The maximum Gasteiger partial charge on any atom is 0.386 e. The highest BCUT2D eigenvalue weighted by Gasteiger charge is 2.16. The van der Waals surface area contributed by atoms with E-state index in [1.165, 1.54) is 0 Å². The Morgan fingerprint density at radius 1 is 1.31 bits per heavy atom. The van der Waals surface area contributed by atoms with Crippen molar-refractivity contribution in [2.24, 2.45) is 0 Å². The monoisotopic (exact) mass is 228 g/mol. The Balaban J connectivity index is 3.46. The van der Waals surface area contributed by atoms with Gasteiger partial charge in [0.1, 0.15) is 0 Å². The molecule has 0 saturated carbocycles. The van der Waals surface area contributed by atoms with Crippen LogP contribution in [-0.2, 0) is 18.3 Å². The molecule has 0 aliphatic rings. The van der Waals surface area contributed by atoms with Crippen LogP contribution in [0.1, 0.15) is 20.8 Å². The van der Waals surface area contributed by atoms with Crippen molar-refractivity contribution in [3.05, 3.63) is 0 Å². The average Bonchev–Trinajstić information content (AvgIpc) is 1.98. The molecule has 0 spiro atoms. The van der Waals surface area contributed by atoms with Crippen molar-refractivity contribution in [2.45, 2.75) is 26.9 Å². The lowest BCUT2D eigenvalue weighted by atomic mass is 10.5. The van der Waals surface area contributed by atoms with E-state index >= 15 is 0 Å². The van der Waals surface area contributed by atoms with Crippen molar-refractivity contribution >= 4 is 19.0 Å². The number of thiol groups is 1. The Hall–Kier alpha value is 0.460. The van der Waals surface area contributed by atoms with Gasteiger partial charge in [-0.3, -0.25) is 4.52 Å². The van der Waals surface area contributed by atoms with Gasteiger partial charge in [0.05, 0.1) is 25.9 Å². The second-order valence-electron chi connectivity index (χ2n) is 2.64. The summed E-state index contributed by atoms with van der Waals surface area (Å²) in [5, 5.41) is 0. The molecular weight excluding hydrogens is 211 g/mol. The fraction of sp³-hybridized carbons (Fsp3) is 1.00. The minimum Gasteiger partial charge on any atom is -0.376 e. The second-order valence-corrected chi connectivity index (χ2v) is 5.56. The van der Waals surface area contributed by atoms with Gasteiger partial charge in [-0.05, 0) is 20.8 Å². The van der Waals surface area contributed by atoms with E-state index in [0.29, 0.717) is 13.2 Å². The van der Waals surface area contributed by atoms with Crippen LogP contribution >= 0.6 is 19.0 Å². The third kappa shape index (κ3) is 8.78. The van der Waals surface area contributed by atoms with Crippen molar-refractivity contribution in [1.29, 1.82) is 0 Å². The molecule has 0 rings (SSSR count). The van der Waals surface area contributed by atoms with Gasteiger partial charge in [0.2, 0.25) is 0 Å². The highest BCUT2D eigenvalue weighted by molar-refractivity contribution is 8.44. The van der Waals surface area contributed by atoms with Crippen molar-refractivity contribution in [2.75, 3.05) is 19.8 Å². The van der Waals surface area contributed by atoms with Crippen LogP contribution in [0.3, 0.4) is 0 Å². The van der Waals surface area contributed by atoms with E-state index in [-0.39, 0.29) is 12.7 Å². The van der Waals surface area contributed by atoms with Gasteiger partial charge in [0, 0.05) is 0 Å².